The minimum absolute atomic E-state index is 0.123. The van der Waals surface area contributed by atoms with E-state index >= 15 is 0 Å². The van der Waals surface area contributed by atoms with Crippen LogP contribution in [0.15, 0.2) is 52.9 Å². The first-order chi connectivity index (χ1) is 11.5. The highest BCUT2D eigenvalue weighted by Crippen LogP contribution is 2.25. The third-order valence-corrected chi connectivity index (χ3v) is 3.63. The molecular formula is C18H17N3O2S. The molecule has 0 aliphatic carbocycles. The number of benzene rings is 2. The van der Waals surface area contributed by atoms with Crippen molar-refractivity contribution >= 4 is 40.0 Å². The molecule has 0 radical (unpaired) electrons. The van der Waals surface area contributed by atoms with Gasteiger partial charge in [-0.05, 0) is 42.5 Å². The molecule has 0 saturated heterocycles. The van der Waals surface area contributed by atoms with E-state index in [1.165, 1.54) is 0 Å². The molecule has 5 nitrogen and oxygen atoms in total. The second kappa shape index (κ2) is 6.80. The molecule has 6 heteroatoms. The van der Waals surface area contributed by atoms with Crippen molar-refractivity contribution in [2.45, 2.75) is 13.8 Å². The van der Waals surface area contributed by atoms with Crippen molar-refractivity contribution in [3.8, 4) is 11.5 Å². The predicted molar refractivity (Wildman–Crippen MR) is 98.6 cm³/mol. The van der Waals surface area contributed by atoms with Crippen molar-refractivity contribution in [3.05, 3.63) is 48.5 Å². The van der Waals surface area contributed by atoms with Crippen molar-refractivity contribution in [2.75, 3.05) is 5.32 Å². The number of thiocarbonyl (C=S) groups is 1. The fourth-order valence-corrected chi connectivity index (χ4v) is 2.36. The summed E-state index contributed by atoms with van der Waals surface area (Å²) in [6, 6.07) is 15.1. The number of anilines is 1. The Balaban J connectivity index is 1.79. The maximum Gasteiger partial charge on any atom is 0.228 e. The van der Waals surface area contributed by atoms with E-state index in [1.54, 1.807) is 0 Å². The molecule has 0 fully saturated rings. The highest BCUT2D eigenvalue weighted by atomic mass is 32.1. The predicted octanol–water partition coefficient (Wildman–Crippen LogP) is 3.96. The highest BCUT2D eigenvalue weighted by molar-refractivity contribution is 7.80. The van der Waals surface area contributed by atoms with E-state index in [-0.39, 0.29) is 16.9 Å². The van der Waals surface area contributed by atoms with Gasteiger partial charge >= 0.3 is 0 Å². The average Bonchev–Trinajstić information content (AvgIpc) is 2.99. The number of nitrogens with one attached hydrogen (secondary N) is 2. The quantitative estimate of drug-likeness (QED) is 0.707. The molecule has 0 aliphatic heterocycles. The molecular weight excluding hydrogens is 322 g/mol. The second-order valence-electron chi connectivity index (χ2n) is 5.67. The van der Waals surface area contributed by atoms with Crippen LogP contribution < -0.4 is 10.6 Å². The van der Waals surface area contributed by atoms with Crippen molar-refractivity contribution in [3.63, 3.8) is 0 Å². The molecule has 0 bridgehead atoms. The van der Waals surface area contributed by atoms with Crippen LogP contribution in [-0.4, -0.2) is 16.0 Å². The fraction of sp³-hybridized carbons (Fsp3) is 0.167. The van der Waals surface area contributed by atoms with E-state index in [1.807, 2.05) is 62.4 Å². The minimum Gasteiger partial charge on any atom is -0.436 e. The van der Waals surface area contributed by atoms with E-state index in [2.05, 4.69) is 15.6 Å². The number of carbonyl (C=O) groups is 1. The molecule has 122 valence electrons. The van der Waals surface area contributed by atoms with E-state index in [4.69, 9.17) is 16.6 Å². The second-order valence-corrected chi connectivity index (χ2v) is 6.07. The first-order valence-electron chi connectivity index (χ1n) is 7.61. The zero-order chi connectivity index (χ0) is 17.1. The molecule has 1 amide bonds. The number of amides is 1. The molecule has 3 rings (SSSR count). The summed E-state index contributed by atoms with van der Waals surface area (Å²) in [5.74, 6) is 0.287. The summed E-state index contributed by atoms with van der Waals surface area (Å²) in [4.78, 5) is 16.1. The Labute approximate surface area is 145 Å². The summed E-state index contributed by atoms with van der Waals surface area (Å²) >= 11 is 5.16. The maximum absolute atomic E-state index is 11.7. The van der Waals surface area contributed by atoms with Crippen LogP contribution in [0.1, 0.15) is 13.8 Å². The number of hydrogen-bond acceptors (Lipinski definition) is 4. The molecule has 0 spiro atoms. The summed E-state index contributed by atoms with van der Waals surface area (Å²) in [5.41, 5.74) is 3.13. The molecule has 24 heavy (non-hydrogen) atoms. The number of fused-ring (bicyclic) bond motifs is 1. The highest BCUT2D eigenvalue weighted by Gasteiger charge is 2.11. The molecule has 1 aromatic heterocycles. The van der Waals surface area contributed by atoms with Crippen LogP contribution in [0.4, 0.5) is 5.69 Å². The van der Waals surface area contributed by atoms with Gasteiger partial charge in [0.1, 0.15) is 5.52 Å². The Morgan fingerprint density at radius 3 is 2.71 bits per heavy atom. The zero-order valence-electron chi connectivity index (χ0n) is 13.4. The van der Waals surface area contributed by atoms with E-state index in [0.29, 0.717) is 5.89 Å². The lowest BCUT2D eigenvalue weighted by atomic mass is 10.2. The average molecular weight is 339 g/mol. The van der Waals surface area contributed by atoms with E-state index < -0.39 is 0 Å². The summed E-state index contributed by atoms with van der Waals surface area (Å²) in [6.07, 6.45) is 0. The summed E-state index contributed by atoms with van der Waals surface area (Å²) < 4.78 is 5.77. The van der Waals surface area contributed by atoms with Crippen LogP contribution in [0, 0.1) is 5.92 Å². The van der Waals surface area contributed by atoms with Gasteiger partial charge in [0.15, 0.2) is 10.7 Å². The largest absolute Gasteiger partial charge is 0.436 e. The molecule has 1 heterocycles. The summed E-state index contributed by atoms with van der Waals surface area (Å²) in [6.45, 7) is 3.62. The van der Waals surface area contributed by atoms with Crippen molar-refractivity contribution in [1.82, 2.24) is 10.3 Å². The van der Waals surface area contributed by atoms with Gasteiger partial charge < -0.3 is 15.1 Å². The zero-order valence-corrected chi connectivity index (χ0v) is 14.2. The topological polar surface area (TPSA) is 67.2 Å². The molecule has 0 aliphatic rings. The van der Waals surface area contributed by atoms with Gasteiger partial charge in [0, 0.05) is 17.2 Å². The van der Waals surface area contributed by atoms with Gasteiger partial charge in [-0.1, -0.05) is 32.0 Å². The van der Waals surface area contributed by atoms with Crippen molar-refractivity contribution in [2.24, 2.45) is 5.92 Å². The Kier molecular flexibility index (Phi) is 4.57. The smallest absolute Gasteiger partial charge is 0.228 e. The van der Waals surface area contributed by atoms with Crippen molar-refractivity contribution < 1.29 is 9.21 Å². The number of rotatable bonds is 3. The SMILES string of the molecule is CC(C)C(=O)NC(=S)Nc1cccc(-c2nc3ccccc3o2)c1. The lowest BCUT2D eigenvalue weighted by molar-refractivity contribution is -0.122. The van der Waals surface area contributed by atoms with Crippen LogP contribution in [0.2, 0.25) is 0 Å². The number of para-hydroxylation sites is 2. The molecule has 2 aromatic carbocycles. The summed E-state index contributed by atoms with van der Waals surface area (Å²) in [5, 5.41) is 5.92. The Morgan fingerprint density at radius 1 is 1.17 bits per heavy atom. The molecule has 2 N–H and O–H groups in total. The number of oxazole rings is 1. The van der Waals surface area contributed by atoms with Gasteiger partial charge in [0.25, 0.3) is 0 Å². The van der Waals surface area contributed by atoms with Crippen LogP contribution in [-0.2, 0) is 4.79 Å². The third kappa shape index (κ3) is 3.60. The van der Waals surface area contributed by atoms with Gasteiger partial charge in [-0.15, -0.1) is 0 Å². The number of carbonyl (C=O) groups excluding carboxylic acids is 1. The van der Waals surface area contributed by atoms with E-state index in [0.717, 1.165) is 22.4 Å². The molecule has 0 unspecified atom stereocenters. The monoisotopic (exact) mass is 339 g/mol. The number of aromatic nitrogens is 1. The molecule has 3 aromatic rings. The van der Waals surface area contributed by atoms with E-state index in [9.17, 15) is 4.79 Å². The Hall–Kier alpha value is -2.73. The number of nitrogens with zero attached hydrogens (tertiary/aromatic N) is 1. The number of hydrogen-bond donors (Lipinski definition) is 2. The standard InChI is InChI=1S/C18H17N3O2S/c1-11(2)16(22)21-18(24)19-13-7-5-6-12(10-13)17-20-14-8-3-4-9-15(14)23-17/h3-11H,1-2H3,(H2,19,21,22,24). The van der Waals surface area contributed by atoms with Crippen LogP contribution in [0.5, 0.6) is 0 Å². The van der Waals surface area contributed by atoms with Crippen LogP contribution in [0.3, 0.4) is 0 Å². The maximum atomic E-state index is 11.7. The van der Waals surface area contributed by atoms with Gasteiger partial charge in [-0.2, -0.15) is 0 Å². The van der Waals surface area contributed by atoms with Crippen LogP contribution in [0.25, 0.3) is 22.6 Å². The van der Waals surface area contributed by atoms with Crippen LogP contribution >= 0.6 is 12.2 Å². The lowest BCUT2D eigenvalue weighted by Gasteiger charge is -2.11. The fourth-order valence-electron chi connectivity index (χ4n) is 2.14. The first-order valence-corrected chi connectivity index (χ1v) is 8.01. The lowest BCUT2D eigenvalue weighted by Crippen LogP contribution is -2.36. The van der Waals surface area contributed by atoms with Gasteiger partial charge in [0.2, 0.25) is 11.8 Å². The molecule has 0 atom stereocenters. The minimum atomic E-state index is -0.129. The first kappa shape index (κ1) is 16.1. The molecule has 0 saturated carbocycles. The van der Waals surface area contributed by atoms with Gasteiger partial charge in [-0.25, -0.2) is 4.98 Å². The normalized spacial score (nSPS) is 10.8. The van der Waals surface area contributed by atoms with Crippen molar-refractivity contribution in [1.29, 1.82) is 0 Å². The Morgan fingerprint density at radius 2 is 1.96 bits per heavy atom. The summed E-state index contributed by atoms with van der Waals surface area (Å²) in [7, 11) is 0. The third-order valence-electron chi connectivity index (χ3n) is 3.42. The Bertz CT molecular complexity index is 869. The van der Waals surface area contributed by atoms with Gasteiger partial charge in [-0.3, -0.25) is 4.79 Å². The van der Waals surface area contributed by atoms with Gasteiger partial charge in [0.05, 0.1) is 0 Å².